The fourth-order valence-electron chi connectivity index (χ4n) is 6.28. The van der Waals surface area contributed by atoms with Crippen LogP contribution in [0.3, 0.4) is 0 Å². The van der Waals surface area contributed by atoms with Crippen LogP contribution in [-0.2, 0) is 28.6 Å². The molecule has 0 fully saturated rings. The van der Waals surface area contributed by atoms with Crippen LogP contribution in [-0.4, -0.2) is 37.2 Å². The van der Waals surface area contributed by atoms with Crippen molar-refractivity contribution >= 4 is 17.9 Å². The van der Waals surface area contributed by atoms with E-state index in [9.17, 15) is 14.4 Å². The Morgan fingerprint density at radius 3 is 1.04 bits per heavy atom. The number of ether oxygens (including phenoxy) is 3. The van der Waals surface area contributed by atoms with E-state index in [4.69, 9.17) is 14.2 Å². The molecule has 0 aliphatic carbocycles. The van der Waals surface area contributed by atoms with Gasteiger partial charge < -0.3 is 14.2 Å². The summed E-state index contributed by atoms with van der Waals surface area (Å²) in [5.41, 5.74) is 0. The van der Waals surface area contributed by atoms with Crippen molar-refractivity contribution in [3.63, 3.8) is 0 Å². The number of carbonyl (C=O) groups excluding carboxylic acids is 3. The van der Waals surface area contributed by atoms with E-state index in [-0.39, 0.29) is 38.0 Å². The molecule has 67 heavy (non-hydrogen) atoms. The molecule has 6 heteroatoms. The molecule has 0 bridgehead atoms. The first-order valence-electron chi connectivity index (χ1n) is 26.0. The minimum absolute atomic E-state index is 0.133. The summed E-state index contributed by atoms with van der Waals surface area (Å²) in [6, 6.07) is 0. The molecule has 0 radical (unpaired) electrons. The molecule has 0 spiro atoms. The molecule has 0 rings (SSSR count). The number of unbranched alkanes of at least 4 members (excludes halogenated alkanes) is 9. The minimum Gasteiger partial charge on any atom is -0.462 e. The van der Waals surface area contributed by atoms with Gasteiger partial charge in [-0.2, -0.15) is 0 Å². The van der Waals surface area contributed by atoms with Crippen molar-refractivity contribution in [2.45, 2.75) is 194 Å². The Bertz CT molecular complexity index is 1570. The smallest absolute Gasteiger partial charge is 0.306 e. The summed E-state index contributed by atoms with van der Waals surface area (Å²) in [4.78, 5) is 38.0. The van der Waals surface area contributed by atoms with Gasteiger partial charge in [0.15, 0.2) is 6.10 Å². The summed E-state index contributed by atoms with van der Waals surface area (Å²) in [6.45, 7) is 6.14. The highest BCUT2D eigenvalue weighted by molar-refractivity contribution is 5.71. The summed E-state index contributed by atoms with van der Waals surface area (Å²) >= 11 is 0. The molecule has 0 heterocycles. The standard InChI is InChI=1S/C61H92O6/c1-4-7-10-13-16-19-22-25-28-30-33-36-39-42-45-48-51-54-60(63)66-57-58(56-65-59(62)53-50-47-44-41-38-35-32-27-24-21-18-15-12-9-6-3)67-61(64)55-52-49-46-43-40-37-34-31-29-26-23-20-17-14-11-8-5-2/h7-12,15-21,24-26,28-29,33-34,36-37,42-43,45-46,58H,4-6,13-14,22-23,27,30-32,35,38-41,44,47-57H2,1-3H3/b10-7-,11-8-,12-9-,18-15-,19-16-,20-17-,24-21-,28-25-,29-26-,36-33-,37-34-,45-42-,46-43-. The quantitative estimate of drug-likeness (QED) is 0.0199. The van der Waals surface area contributed by atoms with Crippen molar-refractivity contribution in [3.05, 3.63) is 158 Å². The third-order valence-electron chi connectivity index (χ3n) is 10.1. The molecule has 0 N–H and O–H groups in total. The molecular formula is C61H92O6. The fourth-order valence-corrected chi connectivity index (χ4v) is 6.28. The first-order chi connectivity index (χ1) is 33.0. The van der Waals surface area contributed by atoms with Crippen LogP contribution in [0.25, 0.3) is 0 Å². The summed E-state index contributed by atoms with van der Waals surface area (Å²) in [5, 5.41) is 0. The second kappa shape index (κ2) is 53.6. The third-order valence-corrected chi connectivity index (χ3v) is 10.1. The summed E-state index contributed by atoms with van der Waals surface area (Å²) in [6.07, 6.45) is 78.1. The lowest BCUT2D eigenvalue weighted by atomic mass is 10.1. The van der Waals surface area contributed by atoms with Crippen molar-refractivity contribution in [2.75, 3.05) is 13.2 Å². The maximum atomic E-state index is 12.8. The van der Waals surface area contributed by atoms with Gasteiger partial charge in [-0.3, -0.25) is 14.4 Å². The van der Waals surface area contributed by atoms with Crippen LogP contribution in [0.15, 0.2) is 158 Å². The summed E-state index contributed by atoms with van der Waals surface area (Å²) in [7, 11) is 0. The Balaban J connectivity index is 4.63. The molecule has 0 amide bonds. The average molecular weight is 921 g/mol. The number of hydrogen-bond acceptors (Lipinski definition) is 6. The molecule has 0 aromatic rings. The predicted molar refractivity (Wildman–Crippen MR) is 288 cm³/mol. The van der Waals surface area contributed by atoms with E-state index >= 15 is 0 Å². The van der Waals surface area contributed by atoms with Crippen LogP contribution in [0.2, 0.25) is 0 Å². The Morgan fingerprint density at radius 1 is 0.313 bits per heavy atom. The van der Waals surface area contributed by atoms with E-state index in [1.54, 1.807) is 0 Å². The van der Waals surface area contributed by atoms with Crippen molar-refractivity contribution in [1.82, 2.24) is 0 Å². The lowest BCUT2D eigenvalue weighted by molar-refractivity contribution is -0.167. The molecule has 0 aliphatic heterocycles. The number of carbonyl (C=O) groups is 3. The van der Waals surface area contributed by atoms with Gasteiger partial charge in [0.2, 0.25) is 0 Å². The lowest BCUT2D eigenvalue weighted by Crippen LogP contribution is -2.30. The van der Waals surface area contributed by atoms with E-state index < -0.39 is 12.1 Å². The molecule has 0 aliphatic rings. The Morgan fingerprint density at radius 2 is 0.627 bits per heavy atom. The first kappa shape index (κ1) is 62.0. The van der Waals surface area contributed by atoms with Crippen LogP contribution in [0, 0.1) is 0 Å². The predicted octanol–water partition coefficient (Wildman–Crippen LogP) is 17.4. The van der Waals surface area contributed by atoms with E-state index in [1.165, 1.54) is 19.3 Å². The number of esters is 3. The van der Waals surface area contributed by atoms with E-state index in [1.807, 2.05) is 0 Å². The molecule has 1 atom stereocenters. The first-order valence-corrected chi connectivity index (χ1v) is 26.0. The zero-order valence-electron chi connectivity index (χ0n) is 42.3. The second-order valence-corrected chi connectivity index (χ2v) is 16.3. The van der Waals surface area contributed by atoms with Gasteiger partial charge in [-0.25, -0.2) is 0 Å². The van der Waals surface area contributed by atoms with Gasteiger partial charge in [-0.1, -0.05) is 211 Å². The molecule has 0 aromatic carbocycles. The SMILES string of the molecule is CC\C=C/C=C\C=C/CCCCCCCCCC(=O)OCC(COC(=O)CCC/C=C\C/C=C\C/C=C\C/C=C\C/C=C\CC)OC(=O)CCC/C=C\C/C=C\C/C=C\C/C=C\C/C=C\CC. The molecule has 6 nitrogen and oxygen atoms in total. The van der Waals surface area contributed by atoms with Gasteiger partial charge in [0.1, 0.15) is 13.2 Å². The van der Waals surface area contributed by atoms with Crippen molar-refractivity contribution in [2.24, 2.45) is 0 Å². The molecule has 0 aromatic heterocycles. The maximum absolute atomic E-state index is 12.8. The lowest BCUT2D eigenvalue weighted by Gasteiger charge is -2.18. The molecule has 372 valence electrons. The second-order valence-electron chi connectivity index (χ2n) is 16.3. The normalized spacial score (nSPS) is 13.4. The van der Waals surface area contributed by atoms with Crippen LogP contribution < -0.4 is 0 Å². The topological polar surface area (TPSA) is 78.9 Å². The van der Waals surface area contributed by atoms with E-state index in [0.717, 1.165) is 116 Å². The number of hydrogen-bond donors (Lipinski definition) is 0. The minimum atomic E-state index is -0.844. The summed E-state index contributed by atoms with van der Waals surface area (Å²) in [5.74, 6) is -1.08. The number of allylic oxidation sites excluding steroid dienone is 26. The van der Waals surface area contributed by atoms with Crippen molar-refractivity contribution in [1.29, 1.82) is 0 Å². The molecule has 0 saturated carbocycles. The number of rotatable bonds is 44. The fraction of sp³-hybridized carbons (Fsp3) is 0.525. The highest BCUT2D eigenvalue weighted by Gasteiger charge is 2.19. The Hall–Kier alpha value is -4.97. The van der Waals surface area contributed by atoms with Crippen LogP contribution in [0.4, 0.5) is 0 Å². The van der Waals surface area contributed by atoms with Gasteiger partial charge in [0.05, 0.1) is 0 Å². The van der Waals surface area contributed by atoms with Crippen molar-refractivity contribution in [3.8, 4) is 0 Å². The van der Waals surface area contributed by atoms with Crippen molar-refractivity contribution < 1.29 is 28.6 Å². The van der Waals surface area contributed by atoms with Gasteiger partial charge in [0.25, 0.3) is 0 Å². The van der Waals surface area contributed by atoms with Gasteiger partial charge in [-0.15, -0.1) is 0 Å². The Kier molecular flexibility index (Phi) is 49.7. The highest BCUT2D eigenvalue weighted by atomic mass is 16.6. The molecular weight excluding hydrogens is 829 g/mol. The van der Waals surface area contributed by atoms with Crippen LogP contribution in [0.1, 0.15) is 188 Å². The van der Waals surface area contributed by atoms with Gasteiger partial charge in [-0.05, 0) is 116 Å². The summed E-state index contributed by atoms with van der Waals surface area (Å²) < 4.78 is 16.7. The van der Waals surface area contributed by atoms with Gasteiger partial charge >= 0.3 is 17.9 Å². The monoisotopic (exact) mass is 921 g/mol. The van der Waals surface area contributed by atoms with Crippen LogP contribution in [0.5, 0.6) is 0 Å². The zero-order chi connectivity index (χ0) is 48.6. The maximum Gasteiger partial charge on any atom is 0.306 e. The third kappa shape index (κ3) is 51.9. The molecule has 0 saturated heterocycles. The zero-order valence-corrected chi connectivity index (χ0v) is 42.3. The van der Waals surface area contributed by atoms with E-state index in [2.05, 4.69) is 179 Å². The van der Waals surface area contributed by atoms with Gasteiger partial charge in [0, 0.05) is 19.3 Å². The largest absolute Gasteiger partial charge is 0.462 e. The highest BCUT2D eigenvalue weighted by Crippen LogP contribution is 2.12. The molecule has 1 unspecified atom stereocenters. The average Bonchev–Trinajstić information content (AvgIpc) is 3.33. The van der Waals surface area contributed by atoms with E-state index in [0.29, 0.717) is 19.3 Å². The Labute approximate surface area is 409 Å². The van der Waals surface area contributed by atoms with Crippen LogP contribution >= 0.6 is 0 Å².